The molecular formula is C31H42N8. The molecule has 39 heavy (non-hydrogen) atoms. The molecule has 4 N–H and O–H groups in total. The molecule has 0 saturated carbocycles. The minimum absolute atomic E-state index is 0.812. The van der Waals surface area contributed by atoms with E-state index in [1.165, 1.54) is 11.3 Å². The molecule has 0 aliphatic carbocycles. The summed E-state index contributed by atoms with van der Waals surface area (Å²) in [6.07, 6.45) is 9.58. The van der Waals surface area contributed by atoms with E-state index in [9.17, 15) is 0 Å². The van der Waals surface area contributed by atoms with Gasteiger partial charge in [0.2, 0.25) is 0 Å². The summed E-state index contributed by atoms with van der Waals surface area (Å²) in [6, 6.07) is 22.1. The first-order valence-electron chi connectivity index (χ1n) is 13.8. The molecule has 206 valence electrons. The Morgan fingerprint density at radius 2 is 0.923 bits per heavy atom. The van der Waals surface area contributed by atoms with Crippen LogP contribution in [0, 0.1) is 0 Å². The smallest absolute Gasteiger partial charge is 0.0573 e. The number of hydrogen-bond donors (Lipinski definition) is 4. The summed E-state index contributed by atoms with van der Waals surface area (Å²) >= 11 is 0. The quantitative estimate of drug-likeness (QED) is 0.164. The summed E-state index contributed by atoms with van der Waals surface area (Å²) in [6.45, 7) is 9.16. The van der Waals surface area contributed by atoms with E-state index in [1.54, 1.807) is 0 Å². The maximum atomic E-state index is 4.47. The van der Waals surface area contributed by atoms with Crippen LogP contribution in [-0.4, -0.2) is 46.1 Å². The highest BCUT2D eigenvalue weighted by atomic mass is 15.0. The lowest BCUT2D eigenvalue weighted by Crippen LogP contribution is -2.27. The zero-order chi connectivity index (χ0) is 27.2. The molecule has 0 fully saturated rings. The van der Waals surface area contributed by atoms with Crippen molar-refractivity contribution in [3.05, 3.63) is 120 Å². The zero-order valence-electron chi connectivity index (χ0n) is 23.0. The van der Waals surface area contributed by atoms with E-state index >= 15 is 0 Å². The first kappa shape index (κ1) is 30.0. The van der Waals surface area contributed by atoms with Crippen molar-refractivity contribution in [2.75, 3.05) is 26.2 Å². The number of hydrogen-bond acceptors (Lipinski definition) is 8. The van der Waals surface area contributed by atoms with Crippen LogP contribution in [0.2, 0.25) is 0 Å². The SMILES string of the molecule is CCCc1cccnc1CNCCNCc1ccccn1.c1ccc(CNCCNCc2ccccn2)nc1. The van der Waals surface area contributed by atoms with Crippen LogP contribution >= 0.6 is 0 Å². The molecule has 8 heteroatoms. The molecule has 0 bridgehead atoms. The van der Waals surface area contributed by atoms with Gasteiger partial charge in [0.1, 0.15) is 0 Å². The number of rotatable bonds is 16. The molecule has 0 aliphatic heterocycles. The third-order valence-corrected chi connectivity index (χ3v) is 5.85. The average molecular weight is 527 g/mol. The Labute approximate surface area is 233 Å². The predicted octanol–water partition coefficient (Wildman–Crippen LogP) is 3.66. The number of nitrogens with zero attached hydrogens (tertiary/aromatic N) is 4. The molecule has 0 saturated heterocycles. The van der Waals surface area contributed by atoms with E-state index < -0.39 is 0 Å². The van der Waals surface area contributed by atoms with Gasteiger partial charge in [-0.2, -0.15) is 0 Å². The van der Waals surface area contributed by atoms with Crippen molar-refractivity contribution in [1.29, 1.82) is 0 Å². The van der Waals surface area contributed by atoms with Crippen LogP contribution in [0.3, 0.4) is 0 Å². The van der Waals surface area contributed by atoms with Gasteiger partial charge in [-0.1, -0.05) is 37.6 Å². The second-order valence-electron chi connectivity index (χ2n) is 9.03. The summed E-state index contributed by atoms with van der Waals surface area (Å²) in [5.41, 5.74) is 5.75. The van der Waals surface area contributed by atoms with Gasteiger partial charge in [-0.25, -0.2) is 0 Å². The van der Waals surface area contributed by atoms with Crippen LogP contribution in [0.5, 0.6) is 0 Å². The molecule has 0 aliphatic rings. The standard InChI is InChI=1S/C17H24N4.C14H18N4/c1-2-6-15-7-5-10-21-17(15)14-19-12-11-18-13-16-8-3-4-9-20-16;1-3-7-17-13(5-1)11-15-9-10-16-12-14-6-2-4-8-18-14/h3-5,7-10,18-19H,2,6,11-14H2,1H3;1-8,15-16H,9-12H2. The van der Waals surface area contributed by atoms with Crippen LogP contribution < -0.4 is 21.3 Å². The van der Waals surface area contributed by atoms with Crippen molar-refractivity contribution in [3.63, 3.8) is 0 Å². The van der Waals surface area contributed by atoms with Crippen LogP contribution in [0.4, 0.5) is 0 Å². The molecule has 8 nitrogen and oxygen atoms in total. The Hall–Kier alpha value is -3.56. The second kappa shape index (κ2) is 19.5. The van der Waals surface area contributed by atoms with Crippen molar-refractivity contribution >= 4 is 0 Å². The number of aryl methyl sites for hydroxylation is 1. The topological polar surface area (TPSA) is 99.7 Å². The Bertz CT molecular complexity index is 1080. The van der Waals surface area contributed by atoms with Gasteiger partial charge in [-0.05, 0) is 54.4 Å². The molecular weight excluding hydrogens is 484 g/mol. The maximum absolute atomic E-state index is 4.47. The van der Waals surface area contributed by atoms with Gasteiger partial charge in [-0.15, -0.1) is 0 Å². The van der Waals surface area contributed by atoms with Crippen molar-refractivity contribution in [3.8, 4) is 0 Å². The zero-order valence-corrected chi connectivity index (χ0v) is 23.0. The lowest BCUT2D eigenvalue weighted by atomic mass is 10.1. The molecule has 0 spiro atoms. The number of nitrogens with one attached hydrogen (secondary N) is 4. The normalized spacial score (nSPS) is 10.6. The summed E-state index contributed by atoms with van der Waals surface area (Å²) < 4.78 is 0. The predicted molar refractivity (Wildman–Crippen MR) is 158 cm³/mol. The molecule has 4 aromatic rings. The maximum Gasteiger partial charge on any atom is 0.0573 e. The highest BCUT2D eigenvalue weighted by Crippen LogP contribution is 2.07. The van der Waals surface area contributed by atoms with Gasteiger partial charge in [0.05, 0.1) is 22.8 Å². The molecule has 0 aromatic carbocycles. The fourth-order valence-corrected chi connectivity index (χ4v) is 3.85. The Morgan fingerprint density at radius 1 is 0.487 bits per heavy atom. The van der Waals surface area contributed by atoms with Crippen LogP contribution in [0.15, 0.2) is 91.5 Å². The molecule has 4 aromatic heterocycles. The first-order valence-corrected chi connectivity index (χ1v) is 13.8. The molecule has 0 unspecified atom stereocenters. The van der Waals surface area contributed by atoms with E-state index in [0.29, 0.717) is 0 Å². The van der Waals surface area contributed by atoms with E-state index in [2.05, 4.69) is 54.2 Å². The van der Waals surface area contributed by atoms with Crippen LogP contribution in [0.25, 0.3) is 0 Å². The lowest BCUT2D eigenvalue weighted by Gasteiger charge is -2.09. The molecule has 0 amide bonds. The fraction of sp³-hybridized carbons (Fsp3) is 0.355. The third-order valence-electron chi connectivity index (χ3n) is 5.85. The van der Waals surface area contributed by atoms with Crippen molar-refractivity contribution in [2.24, 2.45) is 0 Å². The van der Waals surface area contributed by atoms with Gasteiger partial charge in [0.25, 0.3) is 0 Å². The Morgan fingerprint density at radius 3 is 1.33 bits per heavy atom. The van der Waals surface area contributed by atoms with Crippen molar-refractivity contribution < 1.29 is 0 Å². The highest BCUT2D eigenvalue weighted by Gasteiger charge is 2.01. The minimum Gasteiger partial charge on any atom is -0.310 e. The summed E-state index contributed by atoms with van der Waals surface area (Å²) in [4.78, 5) is 17.3. The van der Waals surface area contributed by atoms with Crippen LogP contribution in [0.1, 0.15) is 41.7 Å². The van der Waals surface area contributed by atoms with E-state index in [-0.39, 0.29) is 0 Å². The molecule has 4 rings (SSSR count). The van der Waals surface area contributed by atoms with E-state index in [4.69, 9.17) is 0 Å². The summed E-state index contributed by atoms with van der Waals surface area (Å²) in [5, 5.41) is 13.5. The lowest BCUT2D eigenvalue weighted by molar-refractivity contribution is 0.599. The van der Waals surface area contributed by atoms with Gasteiger partial charge in [-0.3, -0.25) is 19.9 Å². The third kappa shape index (κ3) is 13.2. The average Bonchev–Trinajstić information content (AvgIpc) is 2.99. The summed E-state index contributed by atoms with van der Waals surface area (Å²) in [5.74, 6) is 0. The number of pyridine rings is 4. The Balaban J connectivity index is 0.000000218. The van der Waals surface area contributed by atoms with Gasteiger partial charge in [0.15, 0.2) is 0 Å². The highest BCUT2D eigenvalue weighted by molar-refractivity contribution is 5.19. The van der Waals surface area contributed by atoms with Crippen molar-refractivity contribution in [2.45, 2.75) is 45.9 Å². The van der Waals surface area contributed by atoms with E-state index in [0.717, 1.165) is 82.3 Å². The molecule has 0 radical (unpaired) electrons. The van der Waals surface area contributed by atoms with Gasteiger partial charge >= 0.3 is 0 Å². The number of aromatic nitrogens is 4. The van der Waals surface area contributed by atoms with E-state index in [1.807, 2.05) is 85.5 Å². The summed E-state index contributed by atoms with van der Waals surface area (Å²) in [7, 11) is 0. The van der Waals surface area contributed by atoms with Gasteiger partial charge < -0.3 is 21.3 Å². The van der Waals surface area contributed by atoms with Crippen LogP contribution in [-0.2, 0) is 32.6 Å². The van der Waals surface area contributed by atoms with Gasteiger partial charge in [0, 0.05) is 77.1 Å². The first-order chi connectivity index (χ1) is 19.3. The molecule has 4 heterocycles. The monoisotopic (exact) mass is 526 g/mol. The molecule has 0 atom stereocenters. The Kier molecular flexibility index (Phi) is 15.0. The second-order valence-corrected chi connectivity index (χ2v) is 9.03. The minimum atomic E-state index is 0.812. The fourth-order valence-electron chi connectivity index (χ4n) is 3.85. The largest absolute Gasteiger partial charge is 0.310 e. The van der Waals surface area contributed by atoms with Crippen molar-refractivity contribution in [1.82, 2.24) is 41.2 Å².